The molecule has 2 aromatic rings. The van der Waals surface area contributed by atoms with Crippen LogP contribution in [0.3, 0.4) is 0 Å². The zero-order valence-corrected chi connectivity index (χ0v) is 9.81. The van der Waals surface area contributed by atoms with Gasteiger partial charge in [-0.1, -0.05) is 5.21 Å². The minimum Gasteiger partial charge on any atom is -0.476 e. The lowest BCUT2D eigenvalue weighted by molar-refractivity contribution is 0.0691. The Morgan fingerprint density at radius 1 is 1.50 bits per heavy atom. The Morgan fingerprint density at radius 3 is 2.83 bits per heavy atom. The van der Waals surface area contributed by atoms with Crippen molar-refractivity contribution in [1.82, 2.24) is 24.8 Å². The second kappa shape index (κ2) is 4.96. The molecule has 2 aromatic heterocycles. The van der Waals surface area contributed by atoms with Crippen LogP contribution in [-0.4, -0.2) is 47.6 Å². The van der Waals surface area contributed by atoms with E-state index in [2.05, 4.69) is 15.4 Å². The number of aromatic nitrogens is 5. The summed E-state index contributed by atoms with van der Waals surface area (Å²) in [5, 5.41) is 29.4. The smallest absolute Gasteiger partial charge is 0.358 e. The largest absolute Gasteiger partial charge is 0.476 e. The quantitative estimate of drug-likeness (QED) is 0.759. The lowest BCUT2D eigenvalue weighted by Crippen LogP contribution is -2.08. The molecule has 2 N–H and O–H groups in total. The summed E-state index contributed by atoms with van der Waals surface area (Å²) >= 11 is 0. The average molecular weight is 251 g/mol. The molecule has 18 heavy (non-hydrogen) atoms. The van der Waals surface area contributed by atoms with Crippen LogP contribution < -0.4 is 0 Å². The topological polar surface area (TPSA) is 106 Å². The number of rotatable bonds is 5. The molecule has 0 bridgehead atoms. The summed E-state index contributed by atoms with van der Waals surface area (Å²) in [5.41, 5.74) is 0.905. The van der Waals surface area contributed by atoms with Gasteiger partial charge >= 0.3 is 5.97 Å². The van der Waals surface area contributed by atoms with Gasteiger partial charge in [0, 0.05) is 26.4 Å². The minimum absolute atomic E-state index is 0.00704. The number of aliphatic hydroxyl groups excluding tert-OH is 1. The molecule has 0 unspecified atom stereocenters. The van der Waals surface area contributed by atoms with Gasteiger partial charge in [-0.15, -0.1) is 5.10 Å². The van der Waals surface area contributed by atoms with E-state index in [1.807, 2.05) is 0 Å². The maximum Gasteiger partial charge on any atom is 0.358 e. The highest BCUT2D eigenvalue weighted by molar-refractivity contribution is 5.92. The van der Waals surface area contributed by atoms with Crippen LogP contribution in [0.1, 0.15) is 16.9 Å². The molecule has 0 saturated heterocycles. The maximum absolute atomic E-state index is 11.1. The molecule has 8 nitrogen and oxygen atoms in total. The molecule has 0 saturated carbocycles. The molecular weight excluding hydrogens is 238 g/mol. The van der Waals surface area contributed by atoms with Gasteiger partial charge in [-0.2, -0.15) is 5.10 Å². The molecule has 0 radical (unpaired) electrons. The van der Waals surface area contributed by atoms with Crippen LogP contribution in [0.2, 0.25) is 0 Å². The lowest BCUT2D eigenvalue weighted by Gasteiger charge is -2.06. The third kappa shape index (κ3) is 2.09. The SMILES string of the molecule is Cn1nccc1-c1c(C(=O)O)nnn1CCCO. The van der Waals surface area contributed by atoms with Crippen LogP contribution in [0.4, 0.5) is 0 Å². The van der Waals surface area contributed by atoms with Gasteiger partial charge in [-0.25, -0.2) is 9.48 Å². The monoisotopic (exact) mass is 251 g/mol. The van der Waals surface area contributed by atoms with E-state index in [9.17, 15) is 4.79 Å². The molecule has 2 rings (SSSR count). The van der Waals surface area contributed by atoms with E-state index in [1.165, 1.54) is 4.68 Å². The number of aryl methyl sites for hydroxylation is 2. The number of aromatic carboxylic acids is 1. The summed E-state index contributed by atoms with van der Waals surface area (Å²) in [6.45, 7) is 0.407. The van der Waals surface area contributed by atoms with Gasteiger partial charge in [-0.05, 0) is 12.5 Å². The van der Waals surface area contributed by atoms with E-state index in [0.717, 1.165) is 0 Å². The normalized spacial score (nSPS) is 10.8. The molecule has 0 atom stereocenters. The van der Waals surface area contributed by atoms with E-state index in [0.29, 0.717) is 24.4 Å². The van der Waals surface area contributed by atoms with Crippen molar-refractivity contribution in [2.24, 2.45) is 7.05 Å². The first-order valence-corrected chi connectivity index (χ1v) is 5.41. The number of aliphatic hydroxyl groups is 1. The Bertz CT molecular complexity index is 560. The van der Waals surface area contributed by atoms with Gasteiger partial charge in [0.05, 0.1) is 5.69 Å². The number of hydrogen-bond donors (Lipinski definition) is 2. The Hall–Kier alpha value is -2.22. The van der Waals surface area contributed by atoms with Gasteiger partial charge in [0.15, 0.2) is 5.69 Å². The van der Waals surface area contributed by atoms with Crippen molar-refractivity contribution in [2.45, 2.75) is 13.0 Å². The number of carbonyl (C=O) groups is 1. The van der Waals surface area contributed by atoms with Crippen molar-refractivity contribution in [3.63, 3.8) is 0 Å². The van der Waals surface area contributed by atoms with Gasteiger partial charge in [0.25, 0.3) is 0 Å². The molecule has 0 aliphatic rings. The zero-order chi connectivity index (χ0) is 13.1. The second-order valence-corrected chi connectivity index (χ2v) is 3.73. The second-order valence-electron chi connectivity index (χ2n) is 3.73. The van der Waals surface area contributed by atoms with Crippen LogP contribution >= 0.6 is 0 Å². The summed E-state index contributed by atoms with van der Waals surface area (Å²) in [5.74, 6) is -1.14. The van der Waals surface area contributed by atoms with Crippen LogP contribution in [0.25, 0.3) is 11.4 Å². The zero-order valence-electron chi connectivity index (χ0n) is 9.81. The van der Waals surface area contributed by atoms with Crippen LogP contribution in [0.5, 0.6) is 0 Å². The van der Waals surface area contributed by atoms with Crippen LogP contribution in [-0.2, 0) is 13.6 Å². The summed E-state index contributed by atoms with van der Waals surface area (Å²) < 4.78 is 3.03. The molecule has 8 heteroatoms. The first kappa shape index (κ1) is 12.2. The molecule has 0 aliphatic heterocycles. The van der Waals surface area contributed by atoms with Gasteiger partial charge < -0.3 is 10.2 Å². The molecular formula is C10H13N5O3. The van der Waals surface area contributed by atoms with E-state index < -0.39 is 5.97 Å². The molecule has 2 heterocycles. The summed E-state index contributed by atoms with van der Waals surface area (Å²) in [6.07, 6.45) is 2.05. The van der Waals surface area contributed by atoms with E-state index in [1.54, 1.807) is 24.0 Å². The summed E-state index contributed by atoms with van der Waals surface area (Å²) in [7, 11) is 1.71. The first-order valence-electron chi connectivity index (χ1n) is 5.41. The Kier molecular flexibility index (Phi) is 3.38. The van der Waals surface area contributed by atoms with Crippen molar-refractivity contribution in [2.75, 3.05) is 6.61 Å². The van der Waals surface area contributed by atoms with E-state index >= 15 is 0 Å². The predicted octanol–water partition coefficient (Wildman–Crippen LogP) is -0.241. The third-order valence-corrected chi connectivity index (χ3v) is 2.53. The fraction of sp³-hybridized carbons (Fsp3) is 0.400. The summed E-state index contributed by atoms with van der Waals surface area (Å²) in [6, 6.07) is 1.70. The van der Waals surface area contributed by atoms with E-state index in [4.69, 9.17) is 10.2 Å². The molecule has 0 aromatic carbocycles. The third-order valence-electron chi connectivity index (χ3n) is 2.53. The van der Waals surface area contributed by atoms with Crippen molar-refractivity contribution < 1.29 is 15.0 Å². The van der Waals surface area contributed by atoms with Crippen molar-refractivity contribution >= 4 is 5.97 Å². The molecule has 0 fully saturated rings. The average Bonchev–Trinajstić information content (AvgIpc) is 2.91. The number of hydrogen-bond acceptors (Lipinski definition) is 5. The molecule has 96 valence electrons. The summed E-state index contributed by atoms with van der Waals surface area (Å²) in [4.78, 5) is 11.1. The fourth-order valence-electron chi connectivity index (χ4n) is 1.69. The molecule has 0 spiro atoms. The number of nitrogens with zero attached hydrogens (tertiary/aromatic N) is 5. The maximum atomic E-state index is 11.1. The minimum atomic E-state index is -1.14. The Labute approximate surface area is 102 Å². The van der Waals surface area contributed by atoms with Crippen molar-refractivity contribution in [1.29, 1.82) is 0 Å². The number of carboxylic acids is 1. The highest BCUT2D eigenvalue weighted by Gasteiger charge is 2.22. The fourth-order valence-corrected chi connectivity index (χ4v) is 1.69. The van der Waals surface area contributed by atoms with E-state index in [-0.39, 0.29) is 12.3 Å². The van der Waals surface area contributed by atoms with Crippen molar-refractivity contribution in [3.05, 3.63) is 18.0 Å². The molecule has 0 aliphatic carbocycles. The first-order chi connectivity index (χ1) is 8.65. The Balaban J connectivity index is 2.50. The predicted molar refractivity (Wildman–Crippen MR) is 60.9 cm³/mol. The lowest BCUT2D eigenvalue weighted by atomic mass is 10.2. The standard InChI is InChI=1S/C10H13N5O3/c1-14-7(3-4-11-14)9-8(10(17)18)12-13-15(9)5-2-6-16/h3-4,16H,2,5-6H2,1H3,(H,17,18). The van der Waals surface area contributed by atoms with Crippen LogP contribution in [0.15, 0.2) is 12.3 Å². The number of carboxylic acid groups (broad SMARTS) is 1. The Morgan fingerprint density at radius 2 is 2.28 bits per heavy atom. The highest BCUT2D eigenvalue weighted by Crippen LogP contribution is 2.21. The van der Waals surface area contributed by atoms with Crippen molar-refractivity contribution in [3.8, 4) is 11.4 Å². The molecule has 0 amide bonds. The van der Waals surface area contributed by atoms with Gasteiger partial charge in [-0.3, -0.25) is 4.68 Å². The van der Waals surface area contributed by atoms with Gasteiger partial charge in [0.1, 0.15) is 5.69 Å². The highest BCUT2D eigenvalue weighted by atomic mass is 16.4. The van der Waals surface area contributed by atoms with Crippen LogP contribution in [0, 0.1) is 0 Å². The van der Waals surface area contributed by atoms with Gasteiger partial charge in [0.2, 0.25) is 0 Å².